The van der Waals surface area contributed by atoms with Crippen molar-refractivity contribution in [3.05, 3.63) is 69.5 Å². The minimum atomic E-state index is -1.38. The average molecular weight is 548 g/mol. The van der Waals surface area contributed by atoms with Crippen LogP contribution in [0.15, 0.2) is 42.5 Å². The molecule has 0 bridgehead atoms. The van der Waals surface area contributed by atoms with Gasteiger partial charge in [0.1, 0.15) is 23.9 Å². The Hall–Kier alpha value is -2.66. The molecule has 2 aromatic rings. The van der Waals surface area contributed by atoms with Gasteiger partial charge in [-0.1, -0.05) is 68.2 Å². The van der Waals surface area contributed by atoms with Crippen molar-refractivity contribution >= 4 is 35.1 Å². The second kappa shape index (κ2) is 10.6. The van der Waals surface area contributed by atoms with Crippen molar-refractivity contribution < 1.29 is 18.7 Å². The van der Waals surface area contributed by atoms with Gasteiger partial charge in [-0.3, -0.25) is 14.9 Å². The molecule has 0 spiro atoms. The maximum absolute atomic E-state index is 15.6. The molecule has 0 aliphatic carbocycles. The number of benzene rings is 2. The standard InChI is InChI=1S/C28H32Cl2FN3O3/c1-26(2,3)13-20-28(14-32,16-9-11-17(29)12-10-16)21(18-7-6-8-19(30)22(18)31)23(34-20)24(35)37-15-27(4,5)25(33)36/h6-12,20-21,23,34H,13,15H2,1-5H3,(H2,33,36)/t20-,21-,23+,28-/m0/s1. The molecular formula is C28H32Cl2FN3O3. The van der Waals surface area contributed by atoms with Gasteiger partial charge >= 0.3 is 5.97 Å². The maximum atomic E-state index is 15.6. The minimum absolute atomic E-state index is 0.115. The van der Waals surface area contributed by atoms with Crippen LogP contribution in [0.3, 0.4) is 0 Å². The van der Waals surface area contributed by atoms with Gasteiger partial charge in [-0.25, -0.2) is 4.39 Å². The Labute approximate surface area is 227 Å². The van der Waals surface area contributed by atoms with Gasteiger partial charge in [-0.2, -0.15) is 5.26 Å². The molecule has 0 radical (unpaired) electrons. The molecule has 1 saturated heterocycles. The third kappa shape index (κ3) is 5.77. The Kier molecular flexibility index (Phi) is 8.28. The second-order valence-corrected chi connectivity index (χ2v) is 12.3. The van der Waals surface area contributed by atoms with Gasteiger partial charge in [0.15, 0.2) is 0 Å². The van der Waals surface area contributed by atoms with Crippen molar-refractivity contribution in [2.24, 2.45) is 16.6 Å². The quantitative estimate of drug-likeness (QED) is 0.444. The van der Waals surface area contributed by atoms with E-state index in [1.54, 1.807) is 44.2 Å². The van der Waals surface area contributed by atoms with E-state index >= 15 is 4.39 Å². The Morgan fingerprint density at radius 3 is 2.30 bits per heavy atom. The number of hydrogen-bond acceptors (Lipinski definition) is 5. The first-order valence-electron chi connectivity index (χ1n) is 12.0. The monoisotopic (exact) mass is 547 g/mol. The summed E-state index contributed by atoms with van der Waals surface area (Å²) in [6.07, 6.45) is 0.485. The Morgan fingerprint density at radius 1 is 1.14 bits per heavy atom. The molecule has 6 nitrogen and oxygen atoms in total. The van der Waals surface area contributed by atoms with Crippen LogP contribution in [-0.4, -0.2) is 30.6 Å². The van der Waals surface area contributed by atoms with Crippen LogP contribution < -0.4 is 11.1 Å². The van der Waals surface area contributed by atoms with Crippen LogP contribution in [0.4, 0.5) is 4.39 Å². The van der Waals surface area contributed by atoms with Gasteiger partial charge in [0.05, 0.1) is 16.5 Å². The van der Waals surface area contributed by atoms with Gasteiger partial charge in [0, 0.05) is 17.0 Å². The predicted molar refractivity (Wildman–Crippen MR) is 142 cm³/mol. The Bertz CT molecular complexity index is 1220. The third-order valence-corrected chi connectivity index (χ3v) is 7.43. The highest BCUT2D eigenvalue weighted by atomic mass is 35.5. The molecule has 0 unspecified atom stereocenters. The molecule has 4 atom stereocenters. The molecule has 0 aromatic heterocycles. The Morgan fingerprint density at radius 2 is 1.76 bits per heavy atom. The first-order chi connectivity index (χ1) is 17.1. The molecule has 1 aliphatic heterocycles. The Balaban J connectivity index is 2.24. The van der Waals surface area contributed by atoms with Crippen LogP contribution in [0.1, 0.15) is 58.1 Å². The van der Waals surface area contributed by atoms with Crippen molar-refractivity contribution in [2.75, 3.05) is 6.61 Å². The number of hydrogen-bond donors (Lipinski definition) is 2. The number of rotatable bonds is 7. The van der Waals surface area contributed by atoms with E-state index in [4.69, 9.17) is 33.7 Å². The molecule has 9 heteroatoms. The normalized spacial score (nSPS) is 23.9. The number of carbonyl (C=O) groups excluding carboxylic acids is 2. The first-order valence-corrected chi connectivity index (χ1v) is 12.7. The average Bonchev–Trinajstić information content (AvgIpc) is 3.12. The van der Waals surface area contributed by atoms with Gasteiger partial charge in [-0.05, 0) is 55.0 Å². The summed E-state index contributed by atoms with van der Waals surface area (Å²) in [5.74, 6) is -3.07. The van der Waals surface area contributed by atoms with E-state index in [1.165, 1.54) is 12.1 Å². The van der Waals surface area contributed by atoms with E-state index in [0.29, 0.717) is 17.0 Å². The van der Waals surface area contributed by atoms with Crippen LogP contribution in [0, 0.1) is 28.0 Å². The zero-order chi connectivity index (χ0) is 27.8. The number of nitrogens with zero attached hydrogens (tertiary/aromatic N) is 1. The highest BCUT2D eigenvalue weighted by molar-refractivity contribution is 6.31. The summed E-state index contributed by atoms with van der Waals surface area (Å²) < 4.78 is 21.1. The van der Waals surface area contributed by atoms with Crippen LogP contribution >= 0.6 is 23.2 Å². The topological polar surface area (TPSA) is 105 Å². The van der Waals surface area contributed by atoms with Gasteiger partial charge in [0.2, 0.25) is 5.91 Å². The van der Waals surface area contributed by atoms with Crippen LogP contribution in [0.5, 0.6) is 0 Å². The SMILES string of the molecule is CC(C)(C)C[C@@H]1N[C@@H](C(=O)OCC(C)(C)C(N)=O)[C@H](c2cccc(Cl)c2F)[C@@]1(C#N)c1ccc(Cl)cc1. The largest absolute Gasteiger partial charge is 0.463 e. The van der Waals surface area contributed by atoms with Crippen LogP contribution in [0.25, 0.3) is 0 Å². The maximum Gasteiger partial charge on any atom is 0.323 e. The third-order valence-electron chi connectivity index (χ3n) is 6.89. The summed E-state index contributed by atoms with van der Waals surface area (Å²) in [4.78, 5) is 25.4. The fourth-order valence-corrected chi connectivity index (χ4v) is 5.18. The van der Waals surface area contributed by atoms with Gasteiger partial charge in [-0.15, -0.1) is 0 Å². The zero-order valence-electron chi connectivity index (χ0n) is 21.6. The number of primary amides is 1. The molecule has 198 valence electrons. The van der Waals surface area contributed by atoms with Gasteiger partial charge < -0.3 is 10.5 Å². The highest BCUT2D eigenvalue weighted by Gasteiger charge is 2.60. The van der Waals surface area contributed by atoms with E-state index < -0.39 is 46.5 Å². The molecule has 2 aromatic carbocycles. The lowest BCUT2D eigenvalue weighted by molar-refractivity contribution is -0.151. The summed E-state index contributed by atoms with van der Waals surface area (Å²) in [7, 11) is 0. The lowest BCUT2D eigenvalue weighted by Crippen LogP contribution is -2.44. The van der Waals surface area contributed by atoms with E-state index in [2.05, 4.69) is 11.4 Å². The number of ether oxygens (including phenoxy) is 1. The number of amides is 1. The van der Waals surface area contributed by atoms with Crippen LogP contribution in [-0.2, 0) is 19.7 Å². The van der Waals surface area contributed by atoms with Crippen molar-refractivity contribution in [1.29, 1.82) is 5.26 Å². The first kappa shape index (κ1) is 28.9. The van der Waals surface area contributed by atoms with Crippen molar-refractivity contribution in [1.82, 2.24) is 5.32 Å². The number of nitrogens with one attached hydrogen (secondary N) is 1. The fraction of sp³-hybridized carbons (Fsp3) is 0.464. The highest BCUT2D eigenvalue weighted by Crippen LogP contribution is 2.52. The molecule has 1 heterocycles. The van der Waals surface area contributed by atoms with Crippen molar-refractivity contribution in [2.45, 2.75) is 64.5 Å². The summed E-state index contributed by atoms with van der Waals surface area (Å²) in [6.45, 7) is 8.93. The van der Waals surface area contributed by atoms with E-state index in [0.717, 1.165) is 0 Å². The summed E-state index contributed by atoms with van der Waals surface area (Å²) in [6, 6.07) is 12.1. The number of carbonyl (C=O) groups is 2. The molecule has 1 amide bonds. The van der Waals surface area contributed by atoms with Crippen molar-refractivity contribution in [3.63, 3.8) is 0 Å². The molecule has 3 N–H and O–H groups in total. The smallest absolute Gasteiger partial charge is 0.323 e. The molecule has 3 rings (SSSR count). The molecular weight excluding hydrogens is 516 g/mol. The number of nitrogens with two attached hydrogens (primary N) is 1. The number of halogens is 3. The molecule has 0 saturated carbocycles. The minimum Gasteiger partial charge on any atom is -0.463 e. The predicted octanol–water partition coefficient (Wildman–Crippen LogP) is 5.51. The molecule has 1 fully saturated rings. The molecule has 37 heavy (non-hydrogen) atoms. The lowest BCUT2D eigenvalue weighted by atomic mass is 9.63. The van der Waals surface area contributed by atoms with E-state index in [9.17, 15) is 14.9 Å². The second-order valence-electron chi connectivity index (χ2n) is 11.4. The number of nitriles is 1. The van der Waals surface area contributed by atoms with Crippen molar-refractivity contribution in [3.8, 4) is 6.07 Å². The summed E-state index contributed by atoms with van der Waals surface area (Å²) in [5.41, 5.74) is 3.39. The zero-order valence-corrected chi connectivity index (χ0v) is 23.1. The summed E-state index contributed by atoms with van der Waals surface area (Å²) in [5, 5.41) is 14.5. The van der Waals surface area contributed by atoms with Crippen LogP contribution in [0.2, 0.25) is 10.0 Å². The molecule has 1 aliphatic rings. The number of esters is 1. The lowest BCUT2D eigenvalue weighted by Gasteiger charge is -2.37. The summed E-state index contributed by atoms with van der Waals surface area (Å²) >= 11 is 12.3. The van der Waals surface area contributed by atoms with Gasteiger partial charge in [0.25, 0.3) is 0 Å². The van der Waals surface area contributed by atoms with E-state index in [-0.39, 0.29) is 22.6 Å². The fourth-order valence-electron chi connectivity index (χ4n) is 4.88. The van der Waals surface area contributed by atoms with E-state index in [1.807, 2.05) is 20.8 Å².